The highest BCUT2D eigenvalue weighted by atomic mass is 16.7. The molecule has 0 bridgehead atoms. The molecular weight excluding hydrogens is 250 g/mol. The van der Waals surface area contributed by atoms with Crippen LogP contribution in [0.4, 0.5) is 0 Å². The van der Waals surface area contributed by atoms with E-state index in [0.29, 0.717) is 11.1 Å². The Balaban J connectivity index is 2.96. The number of carbonyl (C=O) groups is 2. The summed E-state index contributed by atoms with van der Waals surface area (Å²) in [4.78, 5) is 37.4. The predicted molar refractivity (Wildman–Crippen MR) is 66.8 cm³/mol. The summed E-state index contributed by atoms with van der Waals surface area (Å²) < 4.78 is 0. The van der Waals surface area contributed by atoms with Crippen LogP contribution in [-0.2, 0) is 20.9 Å². The average Bonchev–Trinajstić information content (AvgIpc) is 2.45. The molecule has 1 aromatic heterocycles. The molecule has 7 nitrogen and oxygen atoms in total. The largest absolute Gasteiger partial charge is 0.277 e. The molecule has 0 atom stereocenters. The third kappa shape index (κ3) is 3.73. The molecule has 0 unspecified atom stereocenters. The van der Waals surface area contributed by atoms with Gasteiger partial charge in [0.2, 0.25) is 5.91 Å². The van der Waals surface area contributed by atoms with E-state index in [1.807, 2.05) is 0 Å². The Morgan fingerprint density at radius 1 is 1.21 bits per heavy atom. The minimum absolute atomic E-state index is 0.0246. The van der Waals surface area contributed by atoms with Crippen molar-refractivity contribution >= 4 is 11.8 Å². The molecule has 0 saturated carbocycles. The first-order valence-electron chi connectivity index (χ1n) is 5.57. The fourth-order valence-corrected chi connectivity index (χ4v) is 1.41. The number of carbonyl (C=O) groups excluding carboxylic acids is 2. The van der Waals surface area contributed by atoms with Crippen LogP contribution in [0.2, 0.25) is 0 Å². The summed E-state index contributed by atoms with van der Waals surface area (Å²) in [5.41, 5.74) is 0.891. The van der Waals surface area contributed by atoms with E-state index in [2.05, 4.69) is 4.98 Å². The van der Waals surface area contributed by atoms with Crippen LogP contribution in [0.3, 0.4) is 0 Å². The van der Waals surface area contributed by atoms with Gasteiger partial charge in [-0.15, -0.1) is 0 Å². The molecule has 0 N–H and O–H groups in total. The van der Waals surface area contributed by atoms with Crippen molar-refractivity contribution in [3.8, 4) is 0 Å². The normalized spacial score (nSPS) is 10.1. The van der Waals surface area contributed by atoms with Crippen molar-refractivity contribution in [1.29, 1.82) is 0 Å². The van der Waals surface area contributed by atoms with E-state index in [-0.39, 0.29) is 18.2 Å². The van der Waals surface area contributed by atoms with E-state index in [1.54, 1.807) is 6.07 Å². The number of hydrogen-bond acceptors (Lipinski definition) is 5. The summed E-state index contributed by atoms with van der Waals surface area (Å²) in [5.74, 6) is -0.614. The van der Waals surface area contributed by atoms with Gasteiger partial charge in [-0.05, 0) is 11.6 Å². The first kappa shape index (κ1) is 15.1. The highest BCUT2D eigenvalue weighted by molar-refractivity contribution is 5.96. The maximum atomic E-state index is 12.0. The summed E-state index contributed by atoms with van der Waals surface area (Å²) in [7, 11) is 5.78. The summed E-state index contributed by atoms with van der Waals surface area (Å²) in [6.45, 7) is 0. The lowest BCUT2D eigenvalue weighted by atomic mass is 10.1. The van der Waals surface area contributed by atoms with Gasteiger partial charge in [-0.1, -0.05) is 0 Å². The van der Waals surface area contributed by atoms with Crippen LogP contribution in [0.5, 0.6) is 0 Å². The smallest absolute Gasteiger partial charge is 0.275 e. The molecule has 1 aromatic rings. The molecule has 0 saturated heterocycles. The number of rotatable bonds is 5. The first-order valence-corrected chi connectivity index (χ1v) is 5.57. The Hall–Kier alpha value is -1.99. The van der Waals surface area contributed by atoms with Crippen molar-refractivity contribution in [2.45, 2.75) is 6.42 Å². The number of pyridine rings is 1. The van der Waals surface area contributed by atoms with Gasteiger partial charge in [-0.3, -0.25) is 24.2 Å². The lowest BCUT2D eigenvalue weighted by Crippen LogP contribution is -2.30. The van der Waals surface area contributed by atoms with E-state index in [4.69, 9.17) is 9.68 Å². The number of hydroxylamine groups is 4. The highest BCUT2D eigenvalue weighted by Crippen LogP contribution is 2.11. The molecule has 1 rings (SSSR count). The van der Waals surface area contributed by atoms with Gasteiger partial charge < -0.3 is 0 Å². The molecule has 2 amide bonds. The summed E-state index contributed by atoms with van der Waals surface area (Å²) >= 11 is 0. The number of hydrogen-bond donors (Lipinski definition) is 0. The zero-order valence-electron chi connectivity index (χ0n) is 11.4. The fourth-order valence-electron chi connectivity index (χ4n) is 1.41. The van der Waals surface area contributed by atoms with Gasteiger partial charge in [0.15, 0.2) is 0 Å². The molecule has 0 radical (unpaired) electrons. The second-order valence-corrected chi connectivity index (χ2v) is 3.77. The number of likely N-dealkylation sites (N-methyl/N-ethyl adjacent to an activating group) is 1. The standard InChI is InChI=1S/C12H17N3O4/c1-14(18-3)11(16)7-9-8-13-6-5-10(9)12(17)15(2)19-4/h5-6,8H,7H2,1-4H3. The SMILES string of the molecule is CON(C)C(=O)Cc1cnccc1C(=O)N(C)OC. The predicted octanol–water partition coefficient (Wildman–Crippen LogP) is 0.277. The second-order valence-electron chi connectivity index (χ2n) is 3.77. The Bertz CT molecular complexity index is 464. The van der Waals surface area contributed by atoms with Crippen molar-refractivity contribution < 1.29 is 19.3 Å². The topological polar surface area (TPSA) is 72.0 Å². The molecule has 0 spiro atoms. The monoisotopic (exact) mass is 267 g/mol. The van der Waals surface area contributed by atoms with Crippen molar-refractivity contribution in [2.24, 2.45) is 0 Å². The van der Waals surface area contributed by atoms with Crippen LogP contribution in [0, 0.1) is 0 Å². The van der Waals surface area contributed by atoms with Gasteiger partial charge in [0.05, 0.1) is 20.6 Å². The molecule has 0 aromatic carbocycles. The molecule has 1 heterocycles. The Morgan fingerprint density at radius 3 is 2.42 bits per heavy atom. The minimum atomic E-state index is -0.340. The van der Waals surface area contributed by atoms with Gasteiger partial charge in [0.1, 0.15) is 0 Å². The molecule has 0 fully saturated rings. The maximum Gasteiger partial charge on any atom is 0.277 e. The van der Waals surface area contributed by atoms with Crippen LogP contribution < -0.4 is 0 Å². The highest BCUT2D eigenvalue weighted by Gasteiger charge is 2.19. The Kier molecular flexibility index (Phi) is 5.40. The molecule has 0 aliphatic rings. The lowest BCUT2D eigenvalue weighted by Gasteiger charge is -2.17. The second kappa shape index (κ2) is 6.81. The quantitative estimate of drug-likeness (QED) is 0.716. The van der Waals surface area contributed by atoms with Gasteiger partial charge in [-0.25, -0.2) is 10.1 Å². The molecular formula is C12H17N3O4. The average molecular weight is 267 g/mol. The van der Waals surface area contributed by atoms with Crippen LogP contribution in [0.1, 0.15) is 15.9 Å². The molecule has 0 aliphatic heterocycles. The van der Waals surface area contributed by atoms with Gasteiger partial charge in [0, 0.05) is 32.1 Å². The molecule has 0 aliphatic carbocycles. The maximum absolute atomic E-state index is 12.0. The van der Waals surface area contributed by atoms with E-state index in [9.17, 15) is 9.59 Å². The number of aromatic nitrogens is 1. The zero-order chi connectivity index (χ0) is 14.4. The Labute approximate surface area is 111 Å². The van der Waals surface area contributed by atoms with Crippen LogP contribution in [-0.4, -0.2) is 55.2 Å². The summed E-state index contributed by atoms with van der Waals surface area (Å²) in [6.07, 6.45) is 3.00. The van der Waals surface area contributed by atoms with Crippen molar-refractivity contribution in [3.63, 3.8) is 0 Å². The Morgan fingerprint density at radius 2 is 1.84 bits per heavy atom. The van der Waals surface area contributed by atoms with Gasteiger partial charge >= 0.3 is 0 Å². The third-order valence-electron chi connectivity index (χ3n) is 2.66. The molecule has 19 heavy (non-hydrogen) atoms. The van der Waals surface area contributed by atoms with Crippen LogP contribution in [0.15, 0.2) is 18.5 Å². The minimum Gasteiger partial charge on any atom is -0.275 e. The number of amides is 2. The van der Waals surface area contributed by atoms with E-state index in [0.717, 1.165) is 10.1 Å². The summed E-state index contributed by atoms with van der Waals surface area (Å²) in [5, 5.41) is 2.19. The van der Waals surface area contributed by atoms with E-state index >= 15 is 0 Å². The van der Waals surface area contributed by atoms with Crippen LogP contribution in [0.25, 0.3) is 0 Å². The van der Waals surface area contributed by atoms with Crippen molar-refractivity contribution in [2.75, 3.05) is 28.3 Å². The summed E-state index contributed by atoms with van der Waals surface area (Å²) in [6, 6.07) is 1.55. The third-order valence-corrected chi connectivity index (χ3v) is 2.66. The molecule has 7 heteroatoms. The van der Waals surface area contributed by atoms with E-state index in [1.165, 1.54) is 40.7 Å². The van der Waals surface area contributed by atoms with Crippen molar-refractivity contribution in [3.05, 3.63) is 29.6 Å². The first-order chi connectivity index (χ1) is 9.01. The zero-order valence-corrected chi connectivity index (χ0v) is 11.4. The van der Waals surface area contributed by atoms with Crippen molar-refractivity contribution in [1.82, 2.24) is 15.1 Å². The molecule has 104 valence electrons. The van der Waals surface area contributed by atoms with Gasteiger partial charge in [-0.2, -0.15) is 0 Å². The number of nitrogens with zero attached hydrogens (tertiary/aromatic N) is 3. The van der Waals surface area contributed by atoms with Crippen LogP contribution >= 0.6 is 0 Å². The lowest BCUT2D eigenvalue weighted by molar-refractivity contribution is -0.167. The fraction of sp³-hybridized carbons (Fsp3) is 0.417. The van der Waals surface area contributed by atoms with Gasteiger partial charge in [0.25, 0.3) is 5.91 Å². The van der Waals surface area contributed by atoms with E-state index < -0.39 is 0 Å².